The van der Waals surface area contributed by atoms with Crippen LogP contribution in [0.2, 0.25) is 0 Å². The van der Waals surface area contributed by atoms with E-state index in [9.17, 15) is 9.59 Å². The third-order valence-corrected chi connectivity index (χ3v) is 4.16. The van der Waals surface area contributed by atoms with E-state index >= 15 is 0 Å². The van der Waals surface area contributed by atoms with E-state index < -0.39 is 0 Å². The molecule has 4 nitrogen and oxygen atoms in total. The molecule has 0 aromatic carbocycles. The van der Waals surface area contributed by atoms with Crippen molar-refractivity contribution in [3.63, 3.8) is 0 Å². The van der Waals surface area contributed by atoms with Crippen LogP contribution in [0.25, 0.3) is 0 Å². The van der Waals surface area contributed by atoms with Crippen molar-refractivity contribution in [1.29, 1.82) is 0 Å². The maximum Gasteiger partial charge on any atom is 0.243 e. The molecule has 17 heavy (non-hydrogen) atoms. The lowest BCUT2D eigenvalue weighted by molar-refractivity contribution is -0.132. The number of hydrogen-bond acceptors (Lipinski definition) is 2. The fourth-order valence-electron chi connectivity index (χ4n) is 3.28. The van der Waals surface area contributed by atoms with Crippen LogP contribution in [0.1, 0.15) is 39.0 Å². The molecular weight excluding hydrogens is 216 g/mol. The molecular formula is C13H22N2O2. The standard InChI is InChI=1S/C13H22N2O2/c1-2-3-7-14-13(17)12-11-6-4-5-10(11)8-15(12)9-16/h9-12H,2-8H2,1H3,(H,14,17)/t10-,11-,12-/m0/s1. The van der Waals surface area contributed by atoms with Crippen molar-refractivity contribution < 1.29 is 9.59 Å². The van der Waals surface area contributed by atoms with E-state index in [0.29, 0.717) is 11.8 Å². The van der Waals surface area contributed by atoms with Crippen molar-refractivity contribution in [3.8, 4) is 0 Å². The summed E-state index contributed by atoms with van der Waals surface area (Å²) in [6, 6.07) is -0.197. The lowest BCUT2D eigenvalue weighted by Crippen LogP contribution is -2.45. The molecule has 96 valence electrons. The van der Waals surface area contributed by atoms with Crippen molar-refractivity contribution in [2.45, 2.75) is 45.1 Å². The van der Waals surface area contributed by atoms with E-state index in [0.717, 1.165) is 38.8 Å². The lowest BCUT2D eigenvalue weighted by atomic mass is 9.93. The molecule has 0 unspecified atom stereocenters. The highest BCUT2D eigenvalue weighted by Gasteiger charge is 2.46. The molecule has 1 N–H and O–H groups in total. The van der Waals surface area contributed by atoms with Crippen LogP contribution in [-0.2, 0) is 9.59 Å². The Morgan fingerprint density at radius 2 is 2.29 bits per heavy atom. The van der Waals surface area contributed by atoms with E-state index in [2.05, 4.69) is 12.2 Å². The largest absolute Gasteiger partial charge is 0.354 e. The highest BCUT2D eigenvalue weighted by atomic mass is 16.2. The van der Waals surface area contributed by atoms with Gasteiger partial charge in [-0.3, -0.25) is 9.59 Å². The van der Waals surface area contributed by atoms with Crippen LogP contribution in [0.4, 0.5) is 0 Å². The molecule has 1 aliphatic carbocycles. The Morgan fingerprint density at radius 1 is 1.47 bits per heavy atom. The molecule has 2 amide bonds. The Morgan fingerprint density at radius 3 is 3.00 bits per heavy atom. The smallest absolute Gasteiger partial charge is 0.243 e. The molecule has 1 saturated carbocycles. The molecule has 1 saturated heterocycles. The number of fused-ring (bicyclic) bond motifs is 1. The number of rotatable bonds is 5. The Labute approximate surface area is 103 Å². The van der Waals surface area contributed by atoms with Gasteiger partial charge in [0.25, 0.3) is 0 Å². The first kappa shape index (κ1) is 12.4. The summed E-state index contributed by atoms with van der Waals surface area (Å²) in [4.78, 5) is 24.9. The quantitative estimate of drug-likeness (QED) is 0.577. The zero-order chi connectivity index (χ0) is 12.3. The van der Waals surface area contributed by atoms with Crippen LogP contribution in [0.5, 0.6) is 0 Å². The van der Waals surface area contributed by atoms with Gasteiger partial charge in [-0.05, 0) is 31.1 Å². The summed E-state index contributed by atoms with van der Waals surface area (Å²) in [5.41, 5.74) is 0. The van der Waals surface area contributed by atoms with Gasteiger partial charge in [-0.15, -0.1) is 0 Å². The fraction of sp³-hybridized carbons (Fsp3) is 0.846. The van der Waals surface area contributed by atoms with Crippen LogP contribution >= 0.6 is 0 Å². The van der Waals surface area contributed by atoms with Crippen LogP contribution in [0, 0.1) is 11.8 Å². The molecule has 2 aliphatic rings. The predicted octanol–water partition coefficient (Wildman–Crippen LogP) is 1.16. The number of amides is 2. The van der Waals surface area contributed by atoms with Gasteiger partial charge in [0.15, 0.2) is 0 Å². The minimum absolute atomic E-state index is 0.0555. The van der Waals surface area contributed by atoms with Crippen molar-refractivity contribution in [2.24, 2.45) is 11.8 Å². The normalized spacial score (nSPS) is 31.4. The number of unbranched alkanes of at least 4 members (excludes halogenated alkanes) is 1. The molecule has 3 atom stereocenters. The first-order chi connectivity index (χ1) is 8.27. The fourth-order valence-corrected chi connectivity index (χ4v) is 3.28. The lowest BCUT2D eigenvalue weighted by Gasteiger charge is -2.23. The molecule has 0 bridgehead atoms. The second-order valence-electron chi connectivity index (χ2n) is 5.25. The minimum atomic E-state index is -0.197. The van der Waals surface area contributed by atoms with Crippen LogP contribution in [0.15, 0.2) is 0 Å². The van der Waals surface area contributed by atoms with Crippen molar-refractivity contribution in [1.82, 2.24) is 10.2 Å². The summed E-state index contributed by atoms with van der Waals surface area (Å²) in [5, 5.41) is 2.96. The van der Waals surface area contributed by atoms with Gasteiger partial charge in [0.05, 0.1) is 0 Å². The topological polar surface area (TPSA) is 49.4 Å². The highest BCUT2D eigenvalue weighted by Crippen LogP contribution is 2.41. The molecule has 1 heterocycles. The first-order valence-corrected chi connectivity index (χ1v) is 6.76. The summed E-state index contributed by atoms with van der Waals surface area (Å²) < 4.78 is 0. The molecule has 0 aromatic heterocycles. The summed E-state index contributed by atoms with van der Waals surface area (Å²) in [6.45, 7) is 3.61. The molecule has 1 aliphatic heterocycles. The van der Waals surface area contributed by atoms with Gasteiger partial charge < -0.3 is 10.2 Å². The maximum absolute atomic E-state index is 12.1. The zero-order valence-corrected chi connectivity index (χ0v) is 10.5. The molecule has 0 spiro atoms. The average Bonchev–Trinajstić information content (AvgIpc) is 2.87. The second kappa shape index (κ2) is 5.52. The maximum atomic E-state index is 12.1. The molecule has 0 aromatic rings. The van der Waals surface area contributed by atoms with Gasteiger partial charge in [0.2, 0.25) is 12.3 Å². The van der Waals surface area contributed by atoms with E-state index in [1.807, 2.05) is 0 Å². The monoisotopic (exact) mass is 238 g/mol. The number of carbonyl (C=O) groups excluding carboxylic acids is 2. The number of nitrogens with one attached hydrogen (secondary N) is 1. The molecule has 2 rings (SSSR count). The van der Waals surface area contributed by atoms with Crippen molar-refractivity contribution in [3.05, 3.63) is 0 Å². The second-order valence-corrected chi connectivity index (χ2v) is 5.25. The van der Waals surface area contributed by atoms with Crippen LogP contribution in [-0.4, -0.2) is 36.3 Å². The van der Waals surface area contributed by atoms with E-state index in [-0.39, 0.29) is 11.9 Å². The number of likely N-dealkylation sites (tertiary alicyclic amines) is 1. The summed E-state index contributed by atoms with van der Waals surface area (Å²) in [6.07, 6.45) is 6.42. The number of nitrogens with zero attached hydrogens (tertiary/aromatic N) is 1. The van der Waals surface area contributed by atoms with Gasteiger partial charge in [-0.25, -0.2) is 0 Å². The van der Waals surface area contributed by atoms with Gasteiger partial charge >= 0.3 is 0 Å². The first-order valence-electron chi connectivity index (χ1n) is 6.76. The minimum Gasteiger partial charge on any atom is -0.354 e. The summed E-state index contributed by atoms with van der Waals surface area (Å²) in [7, 11) is 0. The van der Waals surface area contributed by atoms with E-state index in [1.165, 1.54) is 12.8 Å². The highest BCUT2D eigenvalue weighted by molar-refractivity contribution is 5.84. The third kappa shape index (κ3) is 2.45. The Balaban J connectivity index is 1.96. The van der Waals surface area contributed by atoms with Crippen molar-refractivity contribution >= 4 is 12.3 Å². The van der Waals surface area contributed by atoms with Crippen LogP contribution < -0.4 is 5.32 Å². The van der Waals surface area contributed by atoms with Gasteiger partial charge in [-0.2, -0.15) is 0 Å². The summed E-state index contributed by atoms with van der Waals surface area (Å²) in [5.74, 6) is 1.02. The van der Waals surface area contributed by atoms with E-state index in [1.54, 1.807) is 4.90 Å². The third-order valence-electron chi connectivity index (χ3n) is 4.16. The van der Waals surface area contributed by atoms with Gasteiger partial charge in [-0.1, -0.05) is 19.8 Å². The molecule has 4 heteroatoms. The number of hydrogen-bond donors (Lipinski definition) is 1. The van der Waals surface area contributed by atoms with Crippen LogP contribution in [0.3, 0.4) is 0 Å². The van der Waals surface area contributed by atoms with Crippen molar-refractivity contribution in [2.75, 3.05) is 13.1 Å². The Bertz CT molecular complexity index is 293. The molecule has 0 radical (unpaired) electrons. The Kier molecular flexibility index (Phi) is 4.02. The predicted molar refractivity (Wildman–Crippen MR) is 65.3 cm³/mol. The van der Waals surface area contributed by atoms with E-state index in [4.69, 9.17) is 0 Å². The SMILES string of the molecule is CCCCNC(=O)[C@@H]1[C@H]2CCC[C@H]2CN1C=O. The Hall–Kier alpha value is -1.06. The van der Waals surface area contributed by atoms with Gasteiger partial charge in [0, 0.05) is 13.1 Å². The summed E-state index contributed by atoms with van der Waals surface area (Å²) >= 11 is 0. The zero-order valence-electron chi connectivity index (χ0n) is 10.5. The number of carbonyl (C=O) groups is 2. The average molecular weight is 238 g/mol. The van der Waals surface area contributed by atoms with Gasteiger partial charge in [0.1, 0.15) is 6.04 Å². The molecule has 2 fully saturated rings.